The molecule has 0 aliphatic carbocycles. The van der Waals surface area contributed by atoms with E-state index in [1.165, 1.54) is 22.7 Å². The fourth-order valence-corrected chi connectivity index (χ4v) is 3.32. The highest BCUT2D eigenvalue weighted by Crippen LogP contribution is 2.34. The molecule has 0 atom stereocenters. The van der Waals surface area contributed by atoms with Crippen LogP contribution in [0.4, 0.5) is 0 Å². The lowest BCUT2D eigenvalue weighted by atomic mass is 10.2. The monoisotopic (exact) mass is 237 g/mol. The lowest BCUT2D eigenvalue weighted by Crippen LogP contribution is -2.03. The number of thiophene rings is 2. The van der Waals surface area contributed by atoms with Crippen LogP contribution < -0.4 is 0 Å². The molecule has 2 aromatic heterocycles. The van der Waals surface area contributed by atoms with Crippen molar-refractivity contribution in [3.05, 3.63) is 21.9 Å². The summed E-state index contributed by atoms with van der Waals surface area (Å²) in [6, 6.07) is 2.08. The summed E-state index contributed by atoms with van der Waals surface area (Å²) in [4.78, 5) is 11.6. The van der Waals surface area contributed by atoms with Crippen LogP contribution in [0.2, 0.25) is 0 Å². The first-order valence-corrected chi connectivity index (χ1v) is 6.09. The maximum absolute atomic E-state index is 11.6. The van der Waals surface area contributed by atoms with E-state index in [4.69, 9.17) is 10.00 Å². The third-order valence-corrected chi connectivity index (χ3v) is 4.05. The van der Waals surface area contributed by atoms with Gasteiger partial charge in [-0.05, 0) is 6.92 Å². The third-order valence-electron chi connectivity index (χ3n) is 1.93. The SMILES string of the molecule is CCOC(=O)c1csc2scc(C#N)c12. The minimum absolute atomic E-state index is 0.348. The lowest BCUT2D eigenvalue weighted by Gasteiger charge is -1.98. The van der Waals surface area contributed by atoms with E-state index in [1.807, 2.05) is 0 Å². The Morgan fingerprint density at radius 1 is 1.53 bits per heavy atom. The number of carbonyl (C=O) groups is 1. The summed E-state index contributed by atoms with van der Waals surface area (Å²) in [5.74, 6) is -0.348. The van der Waals surface area contributed by atoms with E-state index in [9.17, 15) is 4.79 Å². The zero-order valence-electron chi connectivity index (χ0n) is 7.94. The Bertz CT molecular complexity index is 547. The Morgan fingerprint density at radius 3 is 2.93 bits per heavy atom. The van der Waals surface area contributed by atoms with Crippen LogP contribution in [0.3, 0.4) is 0 Å². The van der Waals surface area contributed by atoms with E-state index in [1.54, 1.807) is 17.7 Å². The number of carbonyl (C=O) groups excluding carboxylic acids is 1. The summed E-state index contributed by atoms with van der Waals surface area (Å²) in [5.41, 5.74) is 1.06. The van der Waals surface area contributed by atoms with Gasteiger partial charge in [-0.3, -0.25) is 0 Å². The van der Waals surface area contributed by atoms with Crippen molar-refractivity contribution in [2.75, 3.05) is 6.61 Å². The molecule has 0 unspecified atom stereocenters. The van der Waals surface area contributed by atoms with Crippen molar-refractivity contribution in [2.24, 2.45) is 0 Å². The molecule has 0 bridgehead atoms. The largest absolute Gasteiger partial charge is 0.462 e. The van der Waals surface area contributed by atoms with Gasteiger partial charge in [0.25, 0.3) is 0 Å². The van der Waals surface area contributed by atoms with Crippen LogP contribution in [-0.4, -0.2) is 12.6 Å². The highest BCUT2D eigenvalue weighted by Gasteiger charge is 2.17. The van der Waals surface area contributed by atoms with Gasteiger partial charge < -0.3 is 4.74 Å². The van der Waals surface area contributed by atoms with Gasteiger partial charge >= 0.3 is 5.97 Å². The quantitative estimate of drug-likeness (QED) is 0.754. The summed E-state index contributed by atoms with van der Waals surface area (Å²) in [6.45, 7) is 2.11. The smallest absolute Gasteiger partial charge is 0.339 e. The zero-order valence-corrected chi connectivity index (χ0v) is 9.58. The molecule has 0 fully saturated rings. The minimum atomic E-state index is -0.348. The van der Waals surface area contributed by atoms with Crippen molar-refractivity contribution < 1.29 is 9.53 Å². The van der Waals surface area contributed by atoms with Gasteiger partial charge in [0, 0.05) is 16.1 Å². The fraction of sp³-hybridized carbons (Fsp3) is 0.200. The van der Waals surface area contributed by atoms with E-state index in [0.717, 1.165) is 9.40 Å². The third kappa shape index (κ3) is 1.62. The van der Waals surface area contributed by atoms with Crippen LogP contribution in [0.1, 0.15) is 22.8 Å². The molecule has 0 aliphatic rings. The summed E-state index contributed by atoms with van der Waals surface area (Å²) in [6.07, 6.45) is 0. The molecule has 0 amide bonds. The standard InChI is InChI=1S/C10H7NO2S2/c1-2-13-9(12)7-5-15-10-8(7)6(3-11)4-14-10/h4-5H,2H2,1H3. The van der Waals surface area contributed by atoms with Gasteiger partial charge in [0.15, 0.2) is 0 Å². The topological polar surface area (TPSA) is 50.1 Å². The first kappa shape index (κ1) is 10.1. The molecule has 2 rings (SSSR count). The Balaban J connectivity index is 2.56. The molecular weight excluding hydrogens is 230 g/mol. The number of hydrogen-bond donors (Lipinski definition) is 0. The molecule has 0 radical (unpaired) electrons. The van der Waals surface area contributed by atoms with Crippen LogP contribution in [-0.2, 0) is 4.74 Å². The summed E-state index contributed by atoms with van der Waals surface area (Å²) in [7, 11) is 0. The summed E-state index contributed by atoms with van der Waals surface area (Å²) in [5, 5.41) is 13.1. The number of nitrogens with zero attached hydrogens (tertiary/aromatic N) is 1. The van der Waals surface area contributed by atoms with E-state index >= 15 is 0 Å². The number of ether oxygens (including phenoxy) is 1. The van der Waals surface area contributed by atoms with Gasteiger partial charge in [0.05, 0.1) is 21.7 Å². The van der Waals surface area contributed by atoms with Crippen molar-refractivity contribution >= 4 is 38.0 Å². The average Bonchev–Trinajstić information content (AvgIpc) is 2.77. The summed E-state index contributed by atoms with van der Waals surface area (Å²) >= 11 is 2.95. The molecular formula is C10H7NO2S2. The second-order valence-electron chi connectivity index (χ2n) is 2.79. The van der Waals surface area contributed by atoms with Gasteiger partial charge in [-0.2, -0.15) is 5.26 Å². The second-order valence-corrected chi connectivity index (χ2v) is 4.81. The van der Waals surface area contributed by atoms with E-state index in [2.05, 4.69) is 6.07 Å². The van der Waals surface area contributed by atoms with Crippen molar-refractivity contribution in [1.82, 2.24) is 0 Å². The predicted octanol–water partition coefficient (Wildman–Crippen LogP) is 3.01. The van der Waals surface area contributed by atoms with Gasteiger partial charge in [0.1, 0.15) is 6.07 Å². The maximum atomic E-state index is 11.6. The van der Waals surface area contributed by atoms with Crippen LogP contribution in [0, 0.1) is 11.3 Å². The molecule has 76 valence electrons. The van der Waals surface area contributed by atoms with Gasteiger partial charge in [-0.1, -0.05) is 0 Å². The molecule has 0 aromatic carbocycles. The number of fused-ring (bicyclic) bond motifs is 1. The molecule has 0 aliphatic heterocycles. The molecule has 2 heterocycles. The molecule has 15 heavy (non-hydrogen) atoms. The average molecular weight is 237 g/mol. The molecule has 2 aromatic rings. The highest BCUT2D eigenvalue weighted by molar-refractivity contribution is 7.37. The van der Waals surface area contributed by atoms with Gasteiger partial charge in [-0.15, -0.1) is 22.7 Å². The van der Waals surface area contributed by atoms with Crippen LogP contribution in [0.15, 0.2) is 10.8 Å². The molecule has 0 spiro atoms. The van der Waals surface area contributed by atoms with Crippen LogP contribution >= 0.6 is 22.7 Å². The fourth-order valence-electron chi connectivity index (χ4n) is 1.29. The van der Waals surface area contributed by atoms with E-state index < -0.39 is 0 Å². The Labute approximate surface area is 94.5 Å². The maximum Gasteiger partial charge on any atom is 0.339 e. The van der Waals surface area contributed by atoms with Crippen molar-refractivity contribution in [1.29, 1.82) is 5.26 Å². The molecule has 5 heteroatoms. The first-order chi connectivity index (χ1) is 7.27. The van der Waals surface area contributed by atoms with E-state index in [0.29, 0.717) is 17.7 Å². The molecule has 3 nitrogen and oxygen atoms in total. The predicted molar refractivity (Wildman–Crippen MR) is 60.4 cm³/mol. The van der Waals surface area contributed by atoms with Gasteiger partial charge in [-0.25, -0.2) is 4.79 Å². The Morgan fingerprint density at radius 2 is 2.27 bits per heavy atom. The molecule has 0 saturated heterocycles. The van der Waals surface area contributed by atoms with Crippen molar-refractivity contribution in [3.63, 3.8) is 0 Å². The van der Waals surface area contributed by atoms with Crippen LogP contribution in [0.25, 0.3) is 9.40 Å². The lowest BCUT2D eigenvalue weighted by molar-refractivity contribution is 0.0529. The number of nitriles is 1. The normalized spacial score (nSPS) is 10.1. The molecule has 0 saturated carbocycles. The van der Waals surface area contributed by atoms with Crippen molar-refractivity contribution in [3.8, 4) is 6.07 Å². The molecule has 0 N–H and O–H groups in total. The highest BCUT2D eigenvalue weighted by atomic mass is 32.2. The van der Waals surface area contributed by atoms with E-state index in [-0.39, 0.29) is 5.97 Å². The minimum Gasteiger partial charge on any atom is -0.462 e. The number of esters is 1. The first-order valence-electron chi connectivity index (χ1n) is 4.33. The number of hydrogen-bond acceptors (Lipinski definition) is 5. The summed E-state index contributed by atoms with van der Waals surface area (Å²) < 4.78 is 5.92. The zero-order chi connectivity index (χ0) is 10.8. The Hall–Kier alpha value is -1.38. The number of rotatable bonds is 2. The second kappa shape index (κ2) is 4.01. The van der Waals surface area contributed by atoms with Crippen LogP contribution in [0.5, 0.6) is 0 Å². The van der Waals surface area contributed by atoms with Gasteiger partial charge in [0.2, 0.25) is 0 Å². The Kier molecular flexibility index (Phi) is 2.71. The van der Waals surface area contributed by atoms with Crippen molar-refractivity contribution in [2.45, 2.75) is 6.92 Å².